The number of amides is 2. The first-order valence-corrected chi connectivity index (χ1v) is 30.2. The van der Waals surface area contributed by atoms with Crippen LogP contribution in [0, 0.1) is 35.5 Å². The van der Waals surface area contributed by atoms with Crippen molar-refractivity contribution in [3.8, 4) is 0 Å². The fourth-order valence-corrected chi connectivity index (χ4v) is 12.3. The van der Waals surface area contributed by atoms with Crippen LogP contribution in [-0.4, -0.2) is 203 Å². The van der Waals surface area contributed by atoms with Crippen LogP contribution in [0.4, 0.5) is 4.79 Å². The van der Waals surface area contributed by atoms with Gasteiger partial charge in [0.1, 0.15) is 42.3 Å². The molecule has 20 nitrogen and oxygen atoms in total. The molecule has 16 atom stereocenters. The zero-order valence-corrected chi connectivity index (χ0v) is 50.3. The number of alkyl carbamates (subject to hydrolysis) is 1. The summed E-state index contributed by atoms with van der Waals surface area (Å²) in [6, 6.07) is -1.20. The molecule has 0 radical (unpaired) electrons. The summed E-state index contributed by atoms with van der Waals surface area (Å²) in [5.74, 6) is -8.51. The van der Waals surface area contributed by atoms with Gasteiger partial charge in [-0.25, -0.2) is 9.59 Å². The number of carbonyl (C=O) groups is 6. The number of hydrogen-bond acceptors (Lipinski definition) is 18. The van der Waals surface area contributed by atoms with Gasteiger partial charge >= 0.3 is 12.1 Å². The van der Waals surface area contributed by atoms with Crippen LogP contribution in [0.2, 0.25) is 0 Å². The summed E-state index contributed by atoms with van der Waals surface area (Å²) in [5.41, 5.74) is 1.20. The monoisotopic (exact) mass is 1160 g/mol. The molecule has 82 heavy (non-hydrogen) atoms. The Bertz CT molecular complexity index is 2230. The Morgan fingerprint density at radius 3 is 2.34 bits per heavy atom. The van der Waals surface area contributed by atoms with Crippen molar-refractivity contribution >= 4 is 35.3 Å². The first-order chi connectivity index (χ1) is 39.2. The van der Waals surface area contributed by atoms with Crippen molar-refractivity contribution in [1.82, 2.24) is 15.1 Å². The van der Waals surface area contributed by atoms with Crippen LogP contribution < -0.4 is 5.32 Å². The van der Waals surface area contributed by atoms with E-state index in [1.807, 2.05) is 58.1 Å². The number of cyclic esters (lactones) is 1. The normalized spacial score (nSPS) is 37.7. The maximum absolute atomic E-state index is 14.7. The lowest BCUT2D eigenvalue weighted by molar-refractivity contribution is -0.266. The number of nitrogens with one attached hydrogen (secondary N) is 1. The summed E-state index contributed by atoms with van der Waals surface area (Å²) in [6.45, 7) is 18.3. The van der Waals surface area contributed by atoms with Crippen LogP contribution >= 0.6 is 0 Å². The van der Waals surface area contributed by atoms with Crippen LogP contribution in [0.1, 0.15) is 126 Å². The number of allylic oxidation sites excluding steroid dienone is 6. The van der Waals surface area contributed by atoms with Crippen LogP contribution in [0.25, 0.3) is 0 Å². The van der Waals surface area contributed by atoms with Gasteiger partial charge in [0.2, 0.25) is 5.79 Å². The summed E-state index contributed by atoms with van der Waals surface area (Å²) in [4.78, 5) is 88.6. The summed E-state index contributed by atoms with van der Waals surface area (Å²) >= 11 is 0. The molecule has 462 valence electrons. The van der Waals surface area contributed by atoms with Crippen LogP contribution in [0.5, 0.6) is 0 Å². The van der Waals surface area contributed by atoms with E-state index in [4.69, 9.17) is 42.6 Å². The molecule has 0 aromatic carbocycles. The molecule has 1 saturated carbocycles. The lowest BCUT2D eigenvalue weighted by Crippen LogP contribution is -2.61. The summed E-state index contributed by atoms with van der Waals surface area (Å²) in [7, 11) is 2.96. The smallest absolute Gasteiger partial charge is 0.407 e. The Kier molecular flexibility index (Phi) is 26.8. The van der Waals surface area contributed by atoms with E-state index in [9.17, 15) is 39.0 Å². The van der Waals surface area contributed by atoms with Crippen molar-refractivity contribution < 1.29 is 81.6 Å². The van der Waals surface area contributed by atoms with Gasteiger partial charge in [0.15, 0.2) is 5.78 Å². The SMILES string of the molecule is CO[C@@H]1C[C@H](C[C@@H](C)[C@@H]2CC(=O)[C@H](C)/C=C(\C)[C@@H](O)[C@@H](OC)C(=O)[C@H](C)C[C@H](C)/C=C/C=C/C=C(\C)[C@H](OCC3COCCO3)C[C@@H]3CC[C@@H](C)[C@@](O)(O3)C(=O)C(=O)N3CCCC[C@H]3C(=O)O2)CC[C@H]1OC(=O)NCCN1CCOCC1. The molecule has 5 heterocycles. The number of ether oxygens (including phenoxy) is 9. The molecule has 6 rings (SSSR count). The van der Waals surface area contributed by atoms with Gasteiger partial charge in [-0.3, -0.25) is 24.1 Å². The predicted molar refractivity (Wildman–Crippen MR) is 304 cm³/mol. The number of carbonyl (C=O) groups excluding carboxylic acids is 6. The number of nitrogens with zero attached hydrogens (tertiary/aromatic N) is 2. The largest absolute Gasteiger partial charge is 0.460 e. The zero-order valence-electron chi connectivity index (χ0n) is 50.3. The van der Waals surface area contributed by atoms with E-state index in [2.05, 4.69) is 10.2 Å². The molecule has 0 aromatic heterocycles. The van der Waals surface area contributed by atoms with Crippen molar-refractivity contribution in [2.75, 3.05) is 86.6 Å². The lowest BCUT2D eigenvalue weighted by Gasteiger charge is -2.43. The Morgan fingerprint density at radius 2 is 1.62 bits per heavy atom. The van der Waals surface area contributed by atoms with E-state index >= 15 is 0 Å². The molecule has 6 aliphatic rings. The molecule has 1 aliphatic carbocycles. The molecule has 5 aliphatic heterocycles. The van der Waals surface area contributed by atoms with Crippen molar-refractivity contribution in [3.05, 3.63) is 47.6 Å². The minimum atomic E-state index is -2.50. The van der Waals surface area contributed by atoms with Crippen LogP contribution in [0.15, 0.2) is 47.6 Å². The van der Waals surface area contributed by atoms with Gasteiger partial charge in [-0.05, 0) is 107 Å². The highest BCUT2D eigenvalue weighted by Crippen LogP contribution is 2.38. The van der Waals surface area contributed by atoms with E-state index in [-0.39, 0.29) is 61.9 Å². The highest BCUT2D eigenvalue weighted by atomic mass is 16.6. The number of methoxy groups -OCH3 is 2. The second kappa shape index (κ2) is 32.9. The van der Waals surface area contributed by atoms with E-state index in [1.54, 1.807) is 34.0 Å². The summed E-state index contributed by atoms with van der Waals surface area (Å²) in [5, 5.41) is 26.7. The van der Waals surface area contributed by atoms with Crippen molar-refractivity contribution in [2.45, 2.75) is 186 Å². The Labute approximate surface area is 486 Å². The molecular formula is C62H97N3O17. The van der Waals surface area contributed by atoms with Gasteiger partial charge in [0.05, 0.1) is 58.0 Å². The van der Waals surface area contributed by atoms with Gasteiger partial charge in [0, 0.05) is 77.5 Å². The third kappa shape index (κ3) is 19.1. The summed E-state index contributed by atoms with van der Waals surface area (Å²) < 4.78 is 53.5. The number of morpholine rings is 1. The Hall–Kier alpha value is -4.22. The molecule has 4 saturated heterocycles. The topological polar surface area (TPSA) is 244 Å². The molecule has 2 amide bonds. The van der Waals surface area contributed by atoms with Gasteiger partial charge in [-0.15, -0.1) is 0 Å². The molecular weight excluding hydrogens is 1060 g/mol. The average molecular weight is 1160 g/mol. The zero-order chi connectivity index (χ0) is 59.5. The van der Waals surface area contributed by atoms with E-state index in [1.165, 1.54) is 12.0 Å². The minimum Gasteiger partial charge on any atom is -0.460 e. The van der Waals surface area contributed by atoms with E-state index in [0.717, 1.165) is 18.7 Å². The lowest BCUT2D eigenvalue weighted by atomic mass is 9.78. The fourth-order valence-electron chi connectivity index (χ4n) is 12.3. The van der Waals surface area contributed by atoms with Crippen molar-refractivity contribution in [3.63, 3.8) is 0 Å². The Balaban J connectivity index is 1.25. The number of aliphatic hydroxyl groups is 2. The predicted octanol–water partition coefficient (Wildman–Crippen LogP) is 6.03. The molecule has 20 heteroatoms. The molecule has 5 fully saturated rings. The molecule has 3 N–H and O–H groups in total. The van der Waals surface area contributed by atoms with Crippen molar-refractivity contribution in [2.24, 2.45) is 35.5 Å². The van der Waals surface area contributed by atoms with Gasteiger partial charge in [-0.2, -0.15) is 0 Å². The summed E-state index contributed by atoms with van der Waals surface area (Å²) in [6.07, 6.45) is 9.51. The maximum Gasteiger partial charge on any atom is 0.407 e. The highest BCUT2D eigenvalue weighted by Gasteiger charge is 2.53. The van der Waals surface area contributed by atoms with Crippen molar-refractivity contribution in [1.29, 1.82) is 0 Å². The van der Waals surface area contributed by atoms with E-state index < -0.39 is 102 Å². The number of ketones is 3. The number of Topliss-reactive ketones (excluding diaryl/α,β-unsaturated/α-hetero) is 3. The molecule has 2 bridgehead atoms. The van der Waals surface area contributed by atoms with Crippen LogP contribution in [-0.2, 0) is 66.6 Å². The average Bonchev–Trinajstić information content (AvgIpc) is 3.52. The van der Waals surface area contributed by atoms with Gasteiger partial charge < -0.3 is 63.1 Å². The number of aliphatic hydroxyl groups excluding tert-OH is 1. The van der Waals surface area contributed by atoms with Gasteiger partial charge in [-0.1, -0.05) is 71.1 Å². The maximum atomic E-state index is 14.7. The minimum absolute atomic E-state index is 0.0218. The number of esters is 1. The highest BCUT2D eigenvalue weighted by molar-refractivity contribution is 6.39. The van der Waals surface area contributed by atoms with Gasteiger partial charge in [0.25, 0.3) is 11.7 Å². The van der Waals surface area contributed by atoms with Crippen LogP contribution in [0.3, 0.4) is 0 Å². The number of piperidine rings is 1. The number of rotatable bonds is 12. The number of hydrogen-bond donors (Lipinski definition) is 3. The third-order valence-corrected chi connectivity index (χ3v) is 17.6. The fraction of sp³-hybridized carbons (Fsp3) is 0.774. The second-order valence-corrected chi connectivity index (χ2v) is 24.0. The third-order valence-electron chi connectivity index (χ3n) is 17.6. The standard InChI is InChI=1S/C62H97N3O17/c1-39-15-11-10-12-16-40(2)52(79-38-48-37-77-29-30-78-48)35-47-20-18-45(7)62(73,82-47)58(69)59(70)65-23-14-13-17-49(65)60(71)80-53(36-50(66)41(3)32-44(6)56(68)57(75-9)55(67)43(5)31-39)42(4)33-46-19-21-51(54(34-46)74-8)81-61(72)63-22-24-64-25-27-76-28-26-64/h10-12,15-16,32,39,41-43,45-49,51-54,56-57,68,73H,13-14,17-31,33-38H2,1-9H3,(H,63,72)/b12-10+,15-11+,40-16+,44-32+/t39-,41-,42-,43-,45-,46+,47+,48?,49+,51-,52-,53+,54-,56-,57+,62-/m1/s1. The first kappa shape index (κ1) is 66.9. The number of fused-ring (bicyclic) bond motifs is 3. The second-order valence-electron chi connectivity index (χ2n) is 24.0. The Morgan fingerprint density at radius 1 is 0.854 bits per heavy atom. The molecule has 0 aromatic rings. The molecule has 1 unspecified atom stereocenters. The molecule has 0 spiro atoms. The quantitative estimate of drug-likeness (QED) is 0.115. The van der Waals surface area contributed by atoms with E-state index in [0.29, 0.717) is 109 Å². The first-order valence-electron chi connectivity index (χ1n) is 30.2.